The second kappa shape index (κ2) is 5.02. The number of sulfonamides is 1. The van der Waals surface area contributed by atoms with Crippen LogP contribution in [0.2, 0.25) is 0 Å². The average molecular weight is 281 g/mol. The molecule has 0 aliphatic heterocycles. The molecule has 3 N–H and O–H groups in total. The number of nitrogens with two attached hydrogens (primary N) is 1. The molecule has 2 rings (SSSR count). The van der Waals surface area contributed by atoms with Gasteiger partial charge in [0.05, 0.1) is 17.9 Å². The van der Waals surface area contributed by atoms with Crippen LogP contribution >= 0.6 is 0 Å². The van der Waals surface area contributed by atoms with Gasteiger partial charge < -0.3 is 10.2 Å². The number of nitrogen functional groups attached to an aromatic ring is 1. The first-order valence-corrected chi connectivity index (χ1v) is 7.15. The normalized spacial score (nSPS) is 11.7. The molecule has 2 aromatic rings. The summed E-state index contributed by atoms with van der Waals surface area (Å²) >= 11 is 0. The van der Waals surface area contributed by atoms with Gasteiger partial charge in [-0.25, -0.2) is 18.1 Å². The molecule has 0 saturated heterocycles. The quantitative estimate of drug-likeness (QED) is 0.824. The summed E-state index contributed by atoms with van der Waals surface area (Å²) in [6, 6.07) is 6.28. The Bertz CT molecular complexity index is 672. The van der Waals surface area contributed by atoms with E-state index in [1.807, 2.05) is 0 Å². The smallest absolute Gasteiger partial charge is 0.243 e. The molecule has 0 aliphatic rings. The van der Waals surface area contributed by atoms with Gasteiger partial charge in [-0.15, -0.1) is 0 Å². The predicted octanol–water partition coefficient (Wildman–Crippen LogP) is 1.35. The zero-order chi connectivity index (χ0) is 14.0. The average Bonchev–Trinajstić information content (AvgIpc) is 2.67. The molecule has 0 fully saturated rings. The lowest BCUT2D eigenvalue weighted by Crippen LogP contribution is -2.24. The van der Waals surface area contributed by atoms with Crippen molar-refractivity contribution < 1.29 is 12.8 Å². The van der Waals surface area contributed by atoms with Gasteiger partial charge in [0, 0.05) is 0 Å². The lowest BCUT2D eigenvalue weighted by atomic mass is 10.3. The highest BCUT2D eigenvalue weighted by Gasteiger charge is 2.17. The summed E-state index contributed by atoms with van der Waals surface area (Å²) in [5, 5.41) is 0. The number of benzene rings is 1. The second-order valence-corrected chi connectivity index (χ2v) is 5.85. The molecule has 0 atom stereocenters. The van der Waals surface area contributed by atoms with Crippen LogP contribution in [0.5, 0.6) is 0 Å². The molecule has 1 aromatic heterocycles. The van der Waals surface area contributed by atoms with E-state index in [2.05, 4.69) is 9.71 Å². The Kier molecular flexibility index (Phi) is 3.59. The number of nitrogens with one attached hydrogen (secondary N) is 1. The van der Waals surface area contributed by atoms with E-state index in [-0.39, 0.29) is 17.1 Å². The lowest BCUT2D eigenvalue weighted by Gasteiger charge is -2.07. The fraction of sp³-hybridized carbons (Fsp3) is 0.250. The van der Waals surface area contributed by atoms with E-state index < -0.39 is 10.0 Å². The number of aromatic nitrogens is 1. The van der Waals surface area contributed by atoms with E-state index in [9.17, 15) is 8.42 Å². The molecular weight excluding hydrogens is 266 g/mol. The Morgan fingerprint density at radius 3 is 2.58 bits per heavy atom. The Labute approximate surface area is 111 Å². The van der Waals surface area contributed by atoms with Crippen molar-refractivity contribution in [2.24, 2.45) is 0 Å². The number of nitrogens with zero attached hydrogens (tertiary/aromatic N) is 1. The van der Waals surface area contributed by atoms with Gasteiger partial charge in [-0.3, -0.25) is 0 Å². The van der Waals surface area contributed by atoms with E-state index in [1.54, 1.807) is 26.0 Å². The predicted molar refractivity (Wildman–Crippen MR) is 70.9 cm³/mol. The van der Waals surface area contributed by atoms with Crippen LogP contribution in [-0.2, 0) is 16.6 Å². The number of rotatable bonds is 4. The molecule has 0 bridgehead atoms. The largest absolute Gasteiger partial charge is 0.444 e. The molecule has 0 saturated carbocycles. The highest BCUT2D eigenvalue weighted by atomic mass is 32.2. The van der Waals surface area contributed by atoms with Gasteiger partial charge in [0.15, 0.2) is 0 Å². The van der Waals surface area contributed by atoms with Crippen LogP contribution in [0, 0.1) is 13.8 Å². The van der Waals surface area contributed by atoms with Crippen molar-refractivity contribution in [1.29, 1.82) is 0 Å². The van der Waals surface area contributed by atoms with Gasteiger partial charge in [0.2, 0.25) is 15.9 Å². The van der Waals surface area contributed by atoms with Crippen LogP contribution in [-0.4, -0.2) is 13.4 Å². The number of hydrogen-bond acceptors (Lipinski definition) is 5. The van der Waals surface area contributed by atoms with Gasteiger partial charge >= 0.3 is 0 Å². The summed E-state index contributed by atoms with van der Waals surface area (Å²) in [4.78, 5) is 4.16. The standard InChI is InChI=1S/C12H15N3O3S/c1-8-9(2)18-12(15-8)7-14-19(16,17)11-6-4-3-5-10(11)13/h3-6,14H,7,13H2,1-2H3. The Morgan fingerprint density at radius 1 is 1.32 bits per heavy atom. The minimum Gasteiger partial charge on any atom is -0.444 e. The first kappa shape index (κ1) is 13.6. The second-order valence-electron chi connectivity index (χ2n) is 4.11. The van der Waals surface area contributed by atoms with Crippen LogP contribution in [0.15, 0.2) is 33.6 Å². The Morgan fingerprint density at radius 2 is 2.00 bits per heavy atom. The van der Waals surface area contributed by atoms with E-state index in [1.165, 1.54) is 12.1 Å². The SMILES string of the molecule is Cc1nc(CNS(=O)(=O)c2ccccc2N)oc1C. The third kappa shape index (κ3) is 2.94. The number of aryl methyl sites for hydroxylation is 2. The highest BCUT2D eigenvalue weighted by molar-refractivity contribution is 7.89. The highest BCUT2D eigenvalue weighted by Crippen LogP contribution is 2.17. The molecular formula is C12H15N3O3S. The summed E-state index contributed by atoms with van der Waals surface area (Å²) in [5.41, 5.74) is 6.59. The maximum absolute atomic E-state index is 12.1. The zero-order valence-electron chi connectivity index (χ0n) is 10.7. The van der Waals surface area contributed by atoms with Crippen LogP contribution in [0.25, 0.3) is 0 Å². The van der Waals surface area contributed by atoms with Crippen molar-refractivity contribution in [3.8, 4) is 0 Å². The van der Waals surface area contributed by atoms with Gasteiger partial charge in [-0.05, 0) is 26.0 Å². The van der Waals surface area contributed by atoms with Gasteiger partial charge in [-0.2, -0.15) is 0 Å². The van der Waals surface area contributed by atoms with E-state index in [0.717, 1.165) is 5.69 Å². The Balaban J connectivity index is 2.17. The number of para-hydroxylation sites is 1. The van der Waals surface area contributed by atoms with Gasteiger partial charge in [0.1, 0.15) is 10.7 Å². The van der Waals surface area contributed by atoms with Crippen LogP contribution in [0.1, 0.15) is 17.3 Å². The molecule has 102 valence electrons. The van der Waals surface area contributed by atoms with Crippen molar-refractivity contribution in [3.05, 3.63) is 41.6 Å². The van der Waals surface area contributed by atoms with Crippen molar-refractivity contribution in [2.75, 3.05) is 5.73 Å². The molecule has 0 spiro atoms. The van der Waals surface area contributed by atoms with Gasteiger partial charge in [0.25, 0.3) is 0 Å². The summed E-state index contributed by atoms with van der Waals surface area (Å²) in [6.07, 6.45) is 0. The van der Waals surface area contributed by atoms with Crippen molar-refractivity contribution in [3.63, 3.8) is 0 Å². The summed E-state index contributed by atoms with van der Waals surface area (Å²) < 4.78 is 31.8. The molecule has 19 heavy (non-hydrogen) atoms. The first-order chi connectivity index (χ1) is 8.90. The van der Waals surface area contributed by atoms with Crippen molar-refractivity contribution >= 4 is 15.7 Å². The van der Waals surface area contributed by atoms with Crippen molar-refractivity contribution in [1.82, 2.24) is 9.71 Å². The third-order valence-corrected chi connectivity index (χ3v) is 4.17. The van der Waals surface area contributed by atoms with Crippen LogP contribution in [0.4, 0.5) is 5.69 Å². The van der Waals surface area contributed by atoms with Crippen LogP contribution in [0.3, 0.4) is 0 Å². The number of anilines is 1. The zero-order valence-corrected chi connectivity index (χ0v) is 11.5. The minimum absolute atomic E-state index is 0.00858. The summed E-state index contributed by atoms with van der Waals surface area (Å²) in [6.45, 7) is 3.56. The summed E-state index contributed by atoms with van der Waals surface area (Å²) in [7, 11) is -3.67. The maximum Gasteiger partial charge on any atom is 0.243 e. The molecule has 1 heterocycles. The fourth-order valence-corrected chi connectivity index (χ4v) is 2.68. The third-order valence-electron chi connectivity index (χ3n) is 2.69. The minimum atomic E-state index is -3.67. The maximum atomic E-state index is 12.1. The van der Waals surface area contributed by atoms with Crippen molar-refractivity contribution in [2.45, 2.75) is 25.3 Å². The molecule has 0 aliphatic carbocycles. The fourth-order valence-electron chi connectivity index (χ4n) is 1.57. The molecule has 0 radical (unpaired) electrons. The topological polar surface area (TPSA) is 98.2 Å². The molecule has 0 unspecified atom stereocenters. The molecule has 0 amide bonds. The van der Waals surface area contributed by atoms with Gasteiger partial charge in [-0.1, -0.05) is 12.1 Å². The lowest BCUT2D eigenvalue weighted by molar-refractivity contribution is 0.463. The van der Waals surface area contributed by atoms with E-state index >= 15 is 0 Å². The molecule has 7 heteroatoms. The summed E-state index contributed by atoms with van der Waals surface area (Å²) in [5.74, 6) is 1.00. The Hall–Kier alpha value is -1.86. The van der Waals surface area contributed by atoms with Crippen LogP contribution < -0.4 is 10.5 Å². The van der Waals surface area contributed by atoms with E-state index in [4.69, 9.17) is 10.2 Å². The first-order valence-electron chi connectivity index (χ1n) is 5.67. The number of hydrogen-bond donors (Lipinski definition) is 2. The monoisotopic (exact) mass is 281 g/mol. The molecule has 1 aromatic carbocycles. The number of oxazole rings is 1. The van der Waals surface area contributed by atoms with E-state index in [0.29, 0.717) is 11.7 Å². The molecule has 6 nitrogen and oxygen atoms in total.